The van der Waals surface area contributed by atoms with Crippen LogP contribution in [0.3, 0.4) is 0 Å². The van der Waals surface area contributed by atoms with E-state index in [4.69, 9.17) is 16.3 Å². The lowest BCUT2D eigenvalue weighted by Gasteiger charge is -2.42. The number of nitrogens with zero attached hydrogens (tertiary/aromatic N) is 7. The molecule has 1 aliphatic heterocycles. The van der Waals surface area contributed by atoms with Gasteiger partial charge in [-0.1, -0.05) is 23.7 Å². The predicted molar refractivity (Wildman–Crippen MR) is 146 cm³/mol. The van der Waals surface area contributed by atoms with Crippen LogP contribution in [0.5, 0.6) is 5.75 Å². The van der Waals surface area contributed by atoms with Gasteiger partial charge in [0, 0.05) is 31.7 Å². The number of halogens is 1. The zero-order chi connectivity index (χ0) is 25.4. The van der Waals surface area contributed by atoms with Gasteiger partial charge >= 0.3 is 0 Å². The summed E-state index contributed by atoms with van der Waals surface area (Å²) in [7, 11) is 6.30. The van der Waals surface area contributed by atoms with Crippen LogP contribution in [0.4, 0.5) is 5.95 Å². The van der Waals surface area contributed by atoms with Gasteiger partial charge in [-0.15, -0.1) is 10.2 Å². The number of fused-ring (bicyclic) bond motifs is 3. The third-order valence-corrected chi connectivity index (χ3v) is 7.42. The number of anilines is 1. The summed E-state index contributed by atoms with van der Waals surface area (Å²) >= 11 is 6.60. The van der Waals surface area contributed by atoms with Crippen molar-refractivity contribution in [1.82, 2.24) is 29.4 Å². The third-order valence-electron chi connectivity index (χ3n) is 7.12. The molecule has 2 aromatic heterocycles. The van der Waals surface area contributed by atoms with E-state index in [1.807, 2.05) is 18.2 Å². The Kier molecular flexibility index (Phi) is 7.01. The molecule has 1 aliphatic rings. The van der Waals surface area contributed by atoms with Gasteiger partial charge in [0.15, 0.2) is 5.65 Å². The van der Waals surface area contributed by atoms with Crippen LogP contribution in [0.1, 0.15) is 20.3 Å². The number of hydrogen-bond donors (Lipinski definition) is 0. The van der Waals surface area contributed by atoms with Gasteiger partial charge in [-0.05, 0) is 76.8 Å². The zero-order valence-electron chi connectivity index (χ0n) is 21.6. The summed E-state index contributed by atoms with van der Waals surface area (Å²) < 4.78 is 8.03. The fourth-order valence-electron chi connectivity index (χ4n) is 4.85. The molecule has 1 saturated heterocycles. The molecule has 0 saturated carbocycles. The first-order valence-corrected chi connectivity index (χ1v) is 12.9. The second kappa shape index (κ2) is 10.2. The first-order chi connectivity index (χ1) is 17.3. The van der Waals surface area contributed by atoms with Crippen LogP contribution >= 0.6 is 11.6 Å². The van der Waals surface area contributed by atoms with Crippen LogP contribution in [0.2, 0.25) is 5.02 Å². The molecule has 8 nitrogen and oxygen atoms in total. The molecule has 5 rings (SSSR count). The molecular formula is C27H34ClN7O. The second-order valence-electron chi connectivity index (χ2n) is 10.1. The maximum atomic E-state index is 6.60. The first kappa shape index (κ1) is 24.7. The molecule has 0 bridgehead atoms. The Bertz CT molecular complexity index is 1360. The highest BCUT2D eigenvalue weighted by Gasteiger charge is 2.29. The van der Waals surface area contributed by atoms with Gasteiger partial charge in [0.2, 0.25) is 5.95 Å². The molecule has 2 aromatic carbocycles. The summed E-state index contributed by atoms with van der Waals surface area (Å²) in [4.78, 5) is 11.5. The molecule has 3 heterocycles. The van der Waals surface area contributed by atoms with Crippen LogP contribution < -0.4 is 9.64 Å². The van der Waals surface area contributed by atoms with Crippen molar-refractivity contribution < 1.29 is 4.74 Å². The number of piperazine rings is 1. The molecule has 1 fully saturated rings. The lowest BCUT2D eigenvalue weighted by Crippen LogP contribution is -2.55. The third kappa shape index (κ3) is 4.85. The first-order valence-electron chi connectivity index (χ1n) is 12.5. The molecule has 9 heteroatoms. The minimum atomic E-state index is 0.426. The quantitative estimate of drug-likeness (QED) is 0.342. The Morgan fingerprint density at radius 1 is 1.03 bits per heavy atom. The lowest BCUT2D eigenvalue weighted by molar-refractivity contribution is 0.169. The number of rotatable bonds is 7. The molecule has 0 aliphatic carbocycles. The average Bonchev–Trinajstić information content (AvgIpc) is 3.30. The molecule has 190 valence electrons. The van der Waals surface area contributed by atoms with E-state index in [1.54, 1.807) is 6.20 Å². The summed E-state index contributed by atoms with van der Waals surface area (Å²) in [6.07, 6.45) is 2.74. The number of benzene rings is 2. The Morgan fingerprint density at radius 3 is 2.47 bits per heavy atom. The summed E-state index contributed by atoms with van der Waals surface area (Å²) in [5.74, 6) is 1.57. The zero-order valence-corrected chi connectivity index (χ0v) is 22.4. The Balaban J connectivity index is 1.47. The standard InChI is InChI=1S/C27H34ClN7O/c1-18-16-34(17-19(2)33(18)5)27-31-30-26-15-29-23-9-7-21(14-24(23)35(26)27)20-8-10-25(22(28)13-20)36-12-6-11-32(3)4/h7-10,13-15,18-19H,6,11-12,16-17H2,1-5H3/t18-,19+. The fourth-order valence-corrected chi connectivity index (χ4v) is 5.09. The van der Waals surface area contributed by atoms with Gasteiger partial charge in [-0.3, -0.25) is 14.3 Å². The minimum Gasteiger partial charge on any atom is -0.492 e. The summed E-state index contributed by atoms with van der Waals surface area (Å²) in [6, 6.07) is 13.1. The smallest absolute Gasteiger partial charge is 0.232 e. The molecule has 2 atom stereocenters. The summed E-state index contributed by atoms with van der Waals surface area (Å²) in [6.45, 7) is 7.92. The molecule has 0 radical (unpaired) electrons. The van der Waals surface area contributed by atoms with E-state index < -0.39 is 0 Å². The molecule has 0 unspecified atom stereocenters. The number of hydrogen-bond acceptors (Lipinski definition) is 7. The van der Waals surface area contributed by atoms with Crippen molar-refractivity contribution >= 4 is 34.2 Å². The van der Waals surface area contributed by atoms with Crippen LogP contribution in [0, 0.1) is 0 Å². The normalized spacial score (nSPS) is 19.0. The van der Waals surface area contributed by atoms with Crippen LogP contribution in [0.25, 0.3) is 27.8 Å². The Labute approximate surface area is 217 Å². The highest BCUT2D eigenvalue weighted by atomic mass is 35.5. The van der Waals surface area contributed by atoms with Crippen molar-refractivity contribution in [2.45, 2.75) is 32.4 Å². The maximum Gasteiger partial charge on any atom is 0.232 e. The minimum absolute atomic E-state index is 0.426. The SMILES string of the molecule is C[C@@H]1CN(c2nnc3cnc4ccc(-c5ccc(OCCCN(C)C)c(Cl)c5)cc4n23)C[C@H](C)N1C. The second-order valence-corrected chi connectivity index (χ2v) is 10.5. The molecular weight excluding hydrogens is 474 g/mol. The number of ether oxygens (including phenoxy) is 1. The van der Waals surface area contributed by atoms with E-state index in [2.05, 4.69) is 87.5 Å². The maximum absolute atomic E-state index is 6.60. The average molecular weight is 508 g/mol. The van der Waals surface area contributed by atoms with E-state index in [1.165, 1.54) is 0 Å². The van der Waals surface area contributed by atoms with Gasteiger partial charge in [0.25, 0.3) is 0 Å². The van der Waals surface area contributed by atoms with Crippen molar-refractivity contribution in [2.75, 3.05) is 52.3 Å². The van der Waals surface area contributed by atoms with E-state index in [0.29, 0.717) is 29.5 Å². The monoisotopic (exact) mass is 507 g/mol. The molecule has 0 N–H and O–H groups in total. The summed E-state index contributed by atoms with van der Waals surface area (Å²) in [5.41, 5.74) is 4.70. The van der Waals surface area contributed by atoms with Crippen molar-refractivity contribution in [3.8, 4) is 16.9 Å². The molecule has 0 amide bonds. The van der Waals surface area contributed by atoms with E-state index in [9.17, 15) is 0 Å². The van der Waals surface area contributed by atoms with Crippen LogP contribution in [0.15, 0.2) is 42.6 Å². The van der Waals surface area contributed by atoms with E-state index in [0.717, 1.165) is 59.8 Å². The van der Waals surface area contributed by atoms with Crippen LogP contribution in [-0.4, -0.2) is 88.8 Å². The fraction of sp³-hybridized carbons (Fsp3) is 0.444. The van der Waals surface area contributed by atoms with Gasteiger partial charge in [-0.2, -0.15) is 0 Å². The number of likely N-dealkylation sites (N-methyl/N-ethyl adjacent to an activating group) is 1. The van der Waals surface area contributed by atoms with E-state index in [-0.39, 0.29) is 0 Å². The molecule has 0 spiro atoms. The van der Waals surface area contributed by atoms with Gasteiger partial charge < -0.3 is 14.5 Å². The topological polar surface area (TPSA) is 62.0 Å². The molecule has 36 heavy (non-hydrogen) atoms. The Hall–Kier alpha value is -2.94. The van der Waals surface area contributed by atoms with Crippen molar-refractivity contribution in [3.05, 3.63) is 47.6 Å². The largest absolute Gasteiger partial charge is 0.492 e. The van der Waals surface area contributed by atoms with E-state index >= 15 is 0 Å². The lowest BCUT2D eigenvalue weighted by atomic mass is 10.0. The van der Waals surface area contributed by atoms with Crippen LogP contribution in [-0.2, 0) is 0 Å². The van der Waals surface area contributed by atoms with Gasteiger partial charge in [0.05, 0.1) is 28.9 Å². The highest BCUT2D eigenvalue weighted by Crippen LogP contribution is 2.32. The number of aromatic nitrogens is 4. The summed E-state index contributed by atoms with van der Waals surface area (Å²) in [5, 5.41) is 9.63. The van der Waals surface area contributed by atoms with Gasteiger partial charge in [-0.25, -0.2) is 0 Å². The highest BCUT2D eigenvalue weighted by molar-refractivity contribution is 6.32. The predicted octanol–water partition coefficient (Wildman–Crippen LogP) is 4.46. The van der Waals surface area contributed by atoms with Crippen molar-refractivity contribution in [2.24, 2.45) is 0 Å². The molecule has 4 aromatic rings. The van der Waals surface area contributed by atoms with Crippen molar-refractivity contribution in [3.63, 3.8) is 0 Å². The van der Waals surface area contributed by atoms with Gasteiger partial charge in [0.1, 0.15) is 5.75 Å². The van der Waals surface area contributed by atoms with Crippen molar-refractivity contribution in [1.29, 1.82) is 0 Å². The Morgan fingerprint density at radius 2 is 1.75 bits per heavy atom.